The number of carbonyl (C=O) groups is 1. The molecule has 1 heterocycles. The molecular formula is C18H14BrNOS. The van der Waals surface area contributed by atoms with Crippen molar-refractivity contribution in [1.29, 1.82) is 0 Å². The topological polar surface area (TPSA) is 20.3 Å². The lowest BCUT2D eigenvalue weighted by molar-refractivity contribution is -0.110. The SMILES string of the molecule is CN1/C(=C\C(=O)/C=C/c2cccc(Br)c2)Sc2ccccc21. The van der Waals surface area contributed by atoms with Crippen molar-refractivity contribution in [3.8, 4) is 0 Å². The average molecular weight is 372 g/mol. The number of halogens is 1. The Hall–Kier alpha value is -1.78. The van der Waals surface area contributed by atoms with Crippen molar-refractivity contribution in [3.05, 3.63) is 75.7 Å². The van der Waals surface area contributed by atoms with Gasteiger partial charge >= 0.3 is 0 Å². The first-order chi connectivity index (χ1) is 10.6. The highest BCUT2D eigenvalue weighted by molar-refractivity contribution is 9.10. The van der Waals surface area contributed by atoms with Crippen molar-refractivity contribution >= 4 is 45.2 Å². The summed E-state index contributed by atoms with van der Waals surface area (Å²) < 4.78 is 1.00. The molecule has 0 aliphatic carbocycles. The third-order valence-corrected chi connectivity index (χ3v) is 4.99. The summed E-state index contributed by atoms with van der Waals surface area (Å²) in [4.78, 5) is 15.4. The molecule has 2 nitrogen and oxygen atoms in total. The molecule has 4 heteroatoms. The summed E-state index contributed by atoms with van der Waals surface area (Å²) in [6, 6.07) is 16.0. The molecule has 0 saturated heterocycles. The molecule has 3 rings (SSSR count). The molecule has 0 amide bonds. The minimum atomic E-state index is -0.0119. The number of anilines is 1. The predicted molar refractivity (Wildman–Crippen MR) is 97.0 cm³/mol. The highest BCUT2D eigenvalue weighted by Crippen LogP contribution is 2.44. The first-order valence-corrected chi connectivity index (χ1v) is 8.44. The Balaban J connectivity index is 1.75. The third-order valence-electron chi connectivity index (χ3n) is 3.33. The molecule has 0 N–H and O–H groups in total. The smallest absolute Gasteiger partial charge is 0.181 e. The molecule has 0 spiro atoms. The van der Waals surface area contributed by atoms with E-state index in [1.54, 1.807) is 23.9 Å². The second-order valence-corrected chi connectivity index (χ2v) is 6.88. The van der Waals surface area contributed by atoms with Crippen molar-refractivity contribution < 1.29 is 4.79 Å². The molecule has 0 unspecified atom stereocenters. The van der Waals surface area contributed by atoms with E-state index in [1.807, 2.05) is 54.4 Å². The Morgan fingerprint density at radius 3 is 2.77 bits per heavy atom. The molecule has 0 atom stereocenters. The molecule has 2 aromatic rings. The van der Waals surface area contributed by atoms with E-state index in [0.717, 1.165) is 20.8 Å². The van der Waals surface area contributed by atoms with Crippen molar-refractivity contribution in [3.63, 3.8) is 0 Å². The Bertz CT molecular complexity index is 782. The summed E-state index contributed by atoms with van der Waals surface area (Å²) >= 11 is 5.05. The number of fused-ring (bicyclic) bond motifs is 1. The maximum Gasteiger partial charge on any atom is 0.181 e. The van der Waals surface area contributed by atoms with Gasteiger partial charge in [0.1, 0.15) is 0 Å². The van der Waals surface area contributed by atoms with E-state index in [9.17, 15) is 4.79 Å². The second-order valence-electron chi connectivity index (χ2n) is 4.90. The quantitative estimate of drug-likeness (QED) is 0.698. The Morgan fingerprint density at radius 1 is 1.18 bits per heavy atom. The van der Waals surface area contributed by atoms with Gasteiger partial charge in [0.05, 0.1) is 10.7 Å². The van der Waals surface area contributed by atoms with Gasteiger partial charge in [-0.05, 0) is 35.9 Å². The van der Waals surface area contributed by atoms with Crippen LogP contribution in [-0.2, 0) is 4.79 Å². The molecule has 0 fully saturated rings. The molecule has 0 radical (unpaired) electrons. The zero-order valence-electron chi connectivity index (χ0n) is 12.0. The molecule has 0 aromatic heterocycles. The number of para-hydroxylation sites is 1. The summed E-state index contributed by atoms with van der Waals surface area (Å²) in [6.07, 6.45) is 5.11. The van der Waals surface area contributed by atoms with E-state index in [0.29, 0.717) is 0 Å². The fourth-order valence-corrected chi connectivity index (χ4v) is 3.71. The summed E-state index contributed by atoms with van der Waals surface area (Å²) in [6.45, 7) is 0. The molecule has 110 valence electrons. The molecule has 2 aromatic carbocycles. The number of benzene rings is 2. The standard InChI is InChI=1S/C18H14BrNOS/c1-20-16-7-2-3-8-17(16)22-18(20)12-15(21)10-9-13-5-4-6-14(19)11-13/h2-12H,1H3/b10-9+,18-12+. The van der Waals surface area contributed by atoms with E-state index < -0.39 is 0 Å². The van der Waals surface area contributed by atoms with Gasteiger partial charge in [0.2, 0.25) is 0 Å². The summed E-state index contributed by atoms with van der Waals surface area (Å²) in [5.41, 5.74) is 2.14. The Labute approximate surface area is 142 Å². The van der Waals surface area contributed by atoms with Crippen molar-refractivity contribution in [2.45, 2.75) is 4.90 Å². The van der Waals surface area contributed by atoms with Gasteiger partial charge in [-0.15, -0.1) is 0 Å². The van der Waals surface area contributed by atoms with Gasteiger partial charge in [-0.3, -0.25) is 4.79 Å². The normalized spacial score (nSPS) is 15.5. The number of hydrogen-bond donors (Lipinski definition) is 0. The van der Waals surface area contributed by atoms with Gasteiger partial charge in [-0.1, -0.05) is 58.0 Å². The van der Waals surface area contributed by atoms with Crippen LogP contribution in [0.25, 0.3) is 6.08 Å². The lowest BCUT2D eigenvalue weighted by Crippen LogP contribution is -2.10. The van der Waals surface area contributed by atoms with E-state index in [-0.39, 0.29) is 5.78 Å². The number of hydrogen-bond acceptors (Lipinski definition) is 3. The molecule has 22 heavy (non-hydrogen) atoms. The van der Waals surface area contributed by atoms with Crippen LogP contribution < -0.4 is 4.90 Å². The van der Waals surface area contributed by atoms with Crippen LogP contribution in [0, 0.1) is 0 Å². The minimum absolute atomic E-state index is 0.0119. The summed E-state index contributed by atoms with van der Waals surface area (Å²) in [5.74, 6) is -0.0119. The third kappa shape index (κ3) is 3.34. The number of nitrogens with zero attached hydrogens (tertiary/aromatic N) is 1. The first-order valence-electron chi connectivity index (χ1n) is 6.83. The van der Waals surface area contributed by atoms with Gasteiger partial charge in [-0.25, -0.2) is 0 Å². The van der Waals surface area contributed by atoms with Crippen LogP contribution in [0.4, 0.5) is 5.69 Å². The highest BCUT2D eigenvalue weighted by Gasteiger charge is 2.21. The number of rotatable bonds is 3. The van der Waals surface area contributed by atoms with Crippen LogP contribution >= 0.6 is 27.7 Å². The van der Waals surface area contributed by atoms with Crippen LogP contribution in [0.2, 0.25) is 0 Å². The number of thioether (sulfide) groups is 1. The number of carbonyl (C=O) groups excluding carboxylic acids is 1. The lowest BCUT2D eigenvalue weighted by Gasteiger charge is -2.12. The van der Waals surface area contributed by atoms with Gasteiger partial charge in [-0.2, -0.15) is 0 Å². The largest absolute Gasteiger partial charge is 0.338 e. The Kier molecular flexibility index (Phi) is 4.50. The van der Waals surface area contributed by atoms with Crippen LogP contribution in [-0.4, -0.2) is 12.8 Å². The van der Waals surface area contributed by atoms with Gasteiger partial charge in [0.25, 0.3) is 0 Å². The molecular weight excluding hydrogens is 358 g/mol. The molecule has 1 aliphatic rings. The zero-order valence-corrected chi connectivity index (χ0v) is 14.4. The lowest BCUT2D eigenvalue weighted by atomic mass is 10.2. The summed E-state index contributed by atoms with van der Waals surface area (Å²) in [5, 5.41) is 0.949. The number of allylic oxidation sites excluding steroid dienone is 2. The maximum atomic E-state index is 12.1. The summed E-state index contributed by atoms with van der Waals surface area (Å²) in [7, 11) is 1.98. The average Bonchev–Trinajstić information content (AvgIpc) is 2.82. The van der Waals surface area contributed by atoms with Gasteiger partial charge < -0.3 is 4.90 Å². The fourth-order valence-electron chi connectivity index (χ4n) is 2.21. The van der Waals surface area contributed by atoms with Gasteiger partial charge in [0.15, 0.2) is 5.78 Å². The van der Waals surface area contributed by atoms with Crippen molar-refractivity contribution in [2.75, 3.05) is 11.9 Å². The van der Waals surface area contributed by atoms with Crippen LogP contribution in [0.3, 0.4) is 0 Å². The van der Waals surface area contributed by atoms with Crippen molar-refractivity contribution in [2.24, 2.45) is 0 Å². The van der Waals surface area contributed by atoms with Crippen LogP contribution in [0.15, 0.2) is 75.1 Å². The van der Waals surface area contributed by atoms with Crippen molar-refractivity contribution in [1.82, 2.24) is 0 Å². The number of ketones is 1. The van der Waals surface area contributed by atoms with E-state index in [1.165, 1.54) is 4.90 Å². The van der Waals surface area contributed by atoms with E-state index in [2.05, 4.69) is 28.1 Å². The van der Waals surface area contributed by atoms with Crippen LogP contribution in [0.1, 0.15) is 5.56 Å². The maximum absolute atomic E-state index is 12.1. The van der Waals surface area contributed by atoms with E-state index >= 15 is 0 Å². The zero-order chi connectivity index (χ0) is 15.5. The fraction of sp³-hybridized carbons (Fsp3) is 0.0556. The Morgan fingerprint density at radius 2 is 2.00 bits per heavy atom. The highest BCUT2D eigenvalue weighted by atomic mass is 79.9. The first kappa shape index (κ1) is 15.1. The molecule has 1 aliphatic heterocycles. The van der Waals surface area contributed by atoms with E-state index in [4.69, 9.17) is 0 Å². The molecule has 0 saturated carbocycles. The monoisotopic (exact) mass is 371 g/mol. The predicted octanol–water partition coefficient (Wildman–Crippen LogP) is 5.11. The van der Waals surface area contributed by atoms with Gasteiger partial charge in [0, 0.05) is 22.5 Å². The second kappa shape index (κ2) is 6.55. The van der Waals surface area contributed by atoms with Crippen LogP contribution in [0.5, 0.6) is 0 Å². The minimum Gasteiger partial charge on any atom is -0.338 e. The molecule has 0 bridgehead atoms.